The van der Waals surface area contributed by atoms with Crippen LogP contribution < -0.4 is 20.7 Å². The van der Waals surface area contributed by atoms with Crippen molar-refractivity contribution in [2.75, 3.05) is 23.0 Å². The zero-order chi connectivity index (χ0) is 35.1. The van der Waals surface area contributed by atoms with Gasteiger partial charge in [-0.25, -0.2) is 4.98 Å². The molecule has 254 valence electrons. The van der Waals surface area contributed by atoms with Crippen LogP contribution in [0.1, 0.15) is 34.1 Å². The molecule has 3 amide bonds. The Morgan fingerprint density at radius 2 is 1.54 bits per heavy atom. The first kappa shape index (κ1) is 35.6. The van der Waals surface area contributed by atoms with E-state index in [1.807, 2.05) is 36.4 Å². The summed E-state index contributed by atoms with van der Waals surface area (Å²) in [6, 6.07) is 32.7. The van der Waals surface area contributed by atoms with Gasteiger partial charge in [0.1, 0.15) is 18.1 Å². The Labute approximate surface area is 297 Å². The van der Waals surface area contributed by atoms with Gasteiger partial charge in [-0.05, 0) is 72.7 Å². The lowest BCUT2D eigenvalue weighted by molar-refractivity contribution is -0.142. The molecule has 0 atom stereocenters. The molecule has 4 aromatic carbocycles. The Morgan fingerprint density at radius 1 is 0.840 bits per heavy atom. The number of aromatic nitrogens is 1. The molecule has 0 aliphatic carbocycles. The number of rotatable bonds is 15. The van der Waals surface area contributed by atoms with Crippen molar-refractivity contribution in [2.24, 2.45) is 0 Å². The topological polar surface area (TPSA) is 136 Å². The van der Waals surface area contributed by atoms with E-state index in [1.165, 1.54) is 23.1 Å². The maximum Gasteiger partial charge on any atom is 0.311 e. The number of thiazole rings is 1. The van der Waals surface area contributed by atoms with Gasteiger partial charge >= 0.3 is 5.97 Å². The number of amides is 3. The van der Waals surface area contributed by atoms with Gasteiger partial charge in [0, 0.05) is 21.5 Å². The number of ether oxygens (including phenoxy) is 2. The molecule has 5 aromatic rings. The van der Waals surface area contributed by atoms with Crippen LogP contribution in [-0.4, -0.2) is 41.0 Å². The number of carbonyl (C=O) groups excluding carboxylic acids is 4. The summed E-state index contributed by atoms with van der Waals surface area (Å²) < 4.78 is 10.8. The summed E-state index contributed by atoms with van der Waals surface area (Å²) in [6.07, 6.45) is 1.65. The second kappa shape index (κ2) is 18.2. The predicted molar refractivity (Wildman–Crippen MR) is 196 cm³/mol. The summed E-state index contributed by atoms with van der Waals surface area (Å²) in [4.78, 5) is 55.7. The van der Waals surface area contributed by atoms with Crippen molar-refractivity contribution in [3.8, 4) is 5.75 Å². The number of nitrogens with one attached hydrogen (secondary N) is 3. The third-order valence-corrected chi connectivity index (χ3v) is 8.70. The quantitative estimate of drug-likeness (QED) is 0.0604. The molecule has 0 saturated carbocycles. The Morgan fingerprint density at radius 3 is 2.24 bits per heavy atom. The third-order valence-electron chi connectivity index (χ3n) is 6.88. The molecule has 0 aliphatic rings. The van der Waals surface area contributed by atoms with Crippen LogP contribution in [0, 0.1) is 0 Å². The van der Waals surface area contributed by atoms with Crippen LogP contribution in [0.2, 0.25) is 0 Å². The first-order valence-corrected chi connectivity index (χ1v) is 17.5. The minimum Gasteiger partial charge on any atom is -0.489 e. The van der Waals surface area contributed by atoms with Crippen LogP contribution in [0.15, 0.2) is 125 Å². The molecule has 3 N–H and O–H groups in total. The van der Waals surface area contributed by atoms with E-state index in [9.17, 15) is 19.2 Å². The fourth-order valence-corrected chi connectivity index (χ4v) is 5.88. The zero-order valence-corrected chi connectivity index (χ0v) is 28.7. The van der Waals surface area contributed by atoms with Crippen molar-refractivity contribution in [3.63, 3.8) is 0 Å². The fraction of sp³-hybridized carbons (Fsp3) is 0.132. The molecule has 0 radical (unpaired) electrons. The monoisotopic (exact) mass is 706 g/mol. The predicted octanol–water partition coefficient (Wildman–Crippen LogP) is 6.97. The highest BCUT2D eigenvalue weighted by atomic mass is 32.2. The first-order chi connectivity index (χ1) is 24.3. The standard InChI is InChI=1S/C38H34N4O6S2/c1-2-47-35(44)22-30-24-50-38(40-30)42-34(43)25-49-32-19-15-29(16-20-32)39-37(46)33(41-36(45)28-11-7-4-8-12-28)21-26-13-17-31(18-14-26)48-23-27-9-5-3-6-10-27/h3-21,24H,2,22-23,25H2,1H3,(H,39,46)(H,41,45)(H,40,42,43)/b33-21-. The summed E-state index contributed by atoms with van der Waals surface area (Å²) in [5.41, 5.74) is 3.24. The van der Waals surface area contributed by atoms with Crippen molar-refractivity contribution in [1.82, 2.24) is 10.3 Å². The minimum atomic E-state index is -0.510. The Balaban J connectivity index is 1.18. The molecule has 0 fully saturated rings. The molecular weight excluding hydrogens is 673 g/mol. The summed E-state index contributed by atoms with van der Waals surface area (Å²) in [6.45, 7) is 2.46. The fourth-order valence-electron chi connectivity index (χ4n) is 4.45. The highest BCUT2D eigenvalue weighted by Gasteiger charge is 2.16. The van der Waals surface area contributed by atoms with Gasteiger partial charge in [0.2, 0.25) is 5.91 Å². The first-order valence-electron chi connectivity index (χ1n) is 15.6. The van der Waals surface area contributed by atoms with Gasteiger partial charge in [-0.1, -0.05) is 60.7 Å². The Hall–Kier alpha value is -5.72. The van der Waals surface area contributed by atoms with Gasteiger partial charge in [-0.15, -0.1) is 23.1 Å². The molecule has 5 rings (SSSR count). The molecule has 0 aliphatic heterocycles. The maximum atomic E-state index is 13.5. The van der Waals surface area contributed by atoms with Gasteiger partial charge < -0.3 is 25.4 Å². The summed E-state index contributed by atoms with van der Waals surface area (Å²) >= 11 is 2.55. The van der Waals surface area contributed by atoms with E-state index in [0.29, 0.717) is 46.6 Å². The van der Waals surface area contributed by atoms with Crippen LogP contribution in [0.5, 0.6) is 5.75 Å². The van der Waals surface area contributed by atoms with E-state index in [-0.39, 0.29) is 29.7 Å². The lowest BCUT2D eigenvalue weighted by Gasteiger charge is -2.12. The number of esters is 1. The lowest BCUT2D eigenvalue weighted by Crippen LogP contribution is -2.30. The van der Waals surface area contributed by atoms with Gasteiger partial charge in [-0.3, -0.25) is 19.2 Å². The maximum absolute atomic E-state index is 13.5. The molecule has 12 heteroatoms. The van der Waals surface area contributed by atoms with Crippen molar-refractivity contribution >= 4 is 63.7 Å². The summed E-state index contributed by atoms with van der Waals surface area (Å²) in [7, 11) is 0. The molecule has 0 unspecified atom stereocenters. The zero-order valence-electron chi connectivity index (χ0n) is 27.1. The molecule has 1 aromatic heterocycles. The summed E-state index contributed by atoms with van der Waals surface area (Å²) in [5.74, 6) is -0.747. The lowest BCUT2D eigenvalue weighted by atomic mass is 10.1. The molecule has 50 heavy (non-hydrogen) atoms. The van der Waals surface area contributed by atoms with Gasteiger partial charge in [0.05, 0.1) is 24.5 Å². The Kier molecular flexibility index (Phi) is 12.9. The largest absolute Gasteiger partial charge is 0.489 e. The second-order valence-electron chi connectivity index (χ2n) is 10.7. The van der Waals surface area contributed by atoms with Gasteiger partial charge in [0.25, 0.3) is 11.8 Å². The van der Waals surface area contributed by atoms with E-state index in [0.717, 1.165) is 10.5 Å². The van der Waals surface area contributed by atoms with E-state index < -0.39 is 11.8 Å². The smallest absolute Gasteiger partial charge is 0.311 e. The van der Waals surface area contributed by atoms with E-state index in [2.05, 4.69) is 20.9 Å². The van der Waals surface area contributed by atoms with Crippen LogP contribution in [-0.2, 0) is 32.1 Å². The molecular formula is C38H34N4O6S2. The van der Waals surface area contributed by atoms with E-state index in [1.54, 1.807) is 91.2 Å². The van der Waals surface area contributed by atoms with Crippen LogP contribution in [0.4, 0.5) is 10.8 Å². The molecule has 1 heterocycles. The molecule has 10 nitrogen and oxygen atoms in total. The van der Waals surface area contributed by atoms with Crippen LogP contribution in [0.3, 0.4) is 0 Å². The van der Waals surface area contributed by atoms with Crippen molar-refractivity contribution in [2.45, 2.75) is 24.8 Å². The number of benzene rings is 4. The Bertz CT molecular complexity index is 1930. The number of hydrogen-bond acceptors (Lipinski definition) is 9. The van der Waals surface area contributed by atoms with Gasteiger partial charge in [0.15, 0.2) is 5.13 Å². The summed E-state index contributed by atoms with van der Waals surface area (Å²) in [5, 5.41) is 10.4. The number of carbonyl (C=O) groups is 4. The number of hydrogen-bond donors (Lipinski definition) is 3. The number of thioether (sulfide) groups is 1. The van der Waals surface area contributed by atoms with Crippen LogP contribution in [0.25, 0.3) is 6.08 Å². The highest BCUT2D eigenvalue weighted by Crippen LogP contribution is 2.23. The van der Waals surface area contributed by atoms with Crippen LogP contribution >= 0.6 is 23.1 Å². The minimum absolute atomic E-state index is 0.0482. The number of nitrogens with zero attached hydrogens (tertiary/aromatic N) is 1. The van der Waals surface area contributed by atoms with Crippen molar-refractivity contribution < 1.29 is 28.7 Å². The normalized spacial score (nSPS) is 10.9. The van der Waals surface area contributed by atoms with Crippen molar-refractivity contribution in [3.05, 3.63) is 143 Å². The average Bonchev–Trinajstić information content (AvgIpc) is 3.57. The molecule has 0 bridgehead atoms. The molecule has 0 saturated heterocycles. The van der Waals surface area contributed by atoms with Crippen molar-refractivity contribution in [1.29, 1.82) is 0 Å². The average molecular weight is 707 g/mol. The number of anilines is 2. The van der Waals surface area contributed by atoms with E-state index in [4.69, 9.17) is 9.47 Å². The highest BCUT2D eigenvalue weighted by molar-refractivity contribution is 8.00. The molecule has 0 spiro atoms. The SMILES string of the molecule is CCOC(=O)Cc1csc(NC(=O)CSc2ccc(NC(=O)/C(=C/c3ccc(OCc4ccccc4)cc3)NC(=O)c3ccccc3)cc2)n1. The third kappa shape index (κ3) is 11.2. The van der Waals surface area contributed by atoms with Gasteiger partial charge in [-0.2, -0.15) is 0 Å². The van der Waals surface area contributed by atoms with E-state index >= 15 is 0 Å². The second-order valence-corrected chi connectivity index (χ2v) is 12.6.